The number of aliphatic hydroxyl groups is 1. The third-order valence-corrected chi connectivity index (χ3v) is 4.72. The summed E-state index contributed by atoms with van der Waals surface area (Å²) >= 11 is 1.68. The number of aliphatic imine (C=N–C) groups is 1. The molecule has 4 heteroatoms. The second-order valence-electron chi connectivity index (χ2n) is 4.64. The standard InChI is InChI=1S/C13H14FNOS/c14-9-3-1-2-8(6-9)13-15-11-5-4-10(16)7-12(11)17-13/h1-3,6,10-12,16H,4-5,7H2. The zero-order valence-corrected chi connectivity index (χ0v) is 10.2. The summed E-state index contributed by atoms with van der Waals surface area (Å²) in [6, 6.07) is 6.88. The topological polar surface area (TPSA) is 32.6 Å². The molecule has 1 saturated carbocycles. The molecule has 3 rings (SSSR count). The van der Waals surface area contributed by atoms with Gasteiger partial charge in [-0.2, -0.15) is 0 Å². The van der Waals surface area contributed by atoms with Crippen molar-refractivity contribution in [2.24, 2.45) is 4.99 Å². The summed E-state index contributed by atoms with van der Waals surface area (Å²) in [5.41, 5.74) is 0.860. The van der Waals surface area contributed by atoms with Gasteiger partial charge >= 0.3 is 0 Å². The summed E-state index contributed by atoms with van der Waals surface area (Å²) in [5, 5.41) is 10.9. The lowest BCUT2D eigenvalue weighted by Gasteiger charge is -2.26. The maximum Gasteiger partial charge on any atom is 0.123 e. The van der Waals surface area contributed by atoms with E-state index in [1.165, 1.54) is 12.1 Å². The Morgan fingerprint density at radius 1 is 1.35 bits per heavy atom. The van der Waals surface area contributed by atoms with E-state index >= 15 is 0 Å². The highest BCUT2D eigenvalue weighted by Crippen LogP contribution is 2.39. The van der Waals surface area contributed by atoms with E-state index in [0.29, 0.717) is 11.3 Å². The molecule has 3 atom stereocenters. The number of benzene rings is 1. The molecule has 1 heterocycles. The number of rotatable bonds is 1. The molecule has 0 radical (unpaired) electrons. The van der Waals surface area contributed by atoms with Crippen LogP contribution in [0, 0.1) is 5.82 Å². The van der Waals surface area contributed by atoms with E-state index in [9.17, 15) is 9.50 Å². The van der Waals surface area contributed by atoms with E-state index in [1.807, 2.05) is 6.07 Å². The molecule has 17 heavy (non-hydrogen) atoms. The van der Waals surface area contributed by atoms with Crippen LogP contribution in [0.4, 0.5) is 4.39 Å². The Kier molecular flexibility index (Phi) is 2.92. The van der Waals surface area contributed by atoms with Gasteiger partial charge in [-0.15, -0.1) is 11.8 Å². The van der Waals surface area contributed by atoms with Gasteiger partial charge in [0.1, 0.15) is 5.82 Å². The summed E-state index contributed by atoms with van der Waals surface area (Å²) in [5.74, 6) is -0.222. The maximum atomic E-state index is 13.1. The molecule has 1 aliphatic heterocycles. The summed E-state index contributed by atoms with van der Waals surface area (Å²) in [7, 11) is 0. The molecule has 0 bridgehead atoms. The Morgan fingerprint density at radius 3 is 3.06 bits per heavy atom. The molecule has 1 aliphatic carbocycles. The first kappa shape index (κ1) is 11.2. The summed E-state index contributed by atoms with van der Waals surface area (Å²) < 4.78 is 13.1. The lowest BCUT2D eigenvalue weighted by molar-refractivity contribution is 0.127. The van der Waals surface area contributed by atoms with Crippen molar-refractivity contribution < 1.29 is 9.50 Å². The highest BCUT2D eigenvalue weighted by atomic mass is 32.2. The third kappa shape index (κ3) is 2.24. The van der Waals surface area contributed by atoms with E-state index in [2.05, 4.69) is 4.99 Å². The number of nitrogens with zero attached hydrogens (tertiary/aromatic N) is 1. The van der Waals surface area contributed by atoms with Gasteiger partial charge in [0.15, 0.2) is 0 Å². The fourth-order valence-corrected chi connectivity index (χ4v) is 3.87. The van der Waals surface area contributed by atoms with Gasteiger partial charge in [-0.25, -0.2) is 4.39 Å². The highest BCUT2D eigenvalue weighted by molar-refractivity contribution is 8.15. The van der Waals surface area contributed by atoms with E-state index in [1.54, 1.807) is 17.8 Å². The van der Waals surface area contributed by atoms with Crippen LogP contribution in [0.15, 0.2) is 29.3 Å². The fourth-order valence-electron chi connectivity index (χ4n) is 2.45. The Labute approximate surface area is 104 Å². The second kappa shape index (κ2) is 4.42. The molecule has 2 aliphatic rings. The van der Waals surface area contributed by atoms with Gasteiger partial charge < -0.3 is 5.11 Å². The normalized spacial score (nSPS) is 32.1. The molecular weight excluding hydrogens is 237 g/mol. The van der Waals surface area contributed by atoms with Crippen LogP contribution in [0.1, 0.15) is 24.8 Å². The van der Waals surface area contributed by atoms with Gasteiger partial charge in [0.05, 0.1) is 17.2 Å². The van der Waals surface area contributed by atoms with E-state index < -0.39 is 0 Å². The number of halogens is 1. The first-order valence-corrected chi connectivity index (χ1v) is 6.79. The van der Waals surface area contributed by atoms with Gasteiger partial charge in [0.2, 0.25) is 0 Å². The highest BCUT2D eigenvalue weighted by Gasteiger charge is 2.35. The number of aliphatic hydroxyl groups excluding tert-OH is 1. The first-order valence-electron chi connectivity index (χ1n) is 5.91. The zero-order valence-electron chi connectivity index (χ0n) is 9.34. The van der Waals surface area contributed by atoms with Crippen LogP contribution >= 0.6 is 11.8 Å². The molecule has 0 amide bonds. The van der Waals surface area contributed by atoms with Gasteiger partial charge in [-0.05, 0) is 31.4 Å². The monoisotopic (exact) mass is 251 g/mol. The predicted molar refractivity (Wildman–Crippen MR) is 68.0 cm³/mol. The fraction of sp³-hybridized carbons (Fsp3) is 0.462. The first-order chi connectivity index (χ1) is 8.22. The molecule has 90 valence electrons. The van der Waals surface area contributed by atoms with Crippen molar-refractivity contribution in [3.8, 4) is 0 Å². The van der Waals surface area contributed by atoms with Crippen molar-refractivity contribution in [3.63, 3.8) is 0 Å². The third-order valence-electron chi connectivity index (χ3n) is 3.35. The Bertz CT molecular complexity index is 462. The van der Waals surface area contributed by atoms with E-state index in [4.69, 9.17) is 0 Å². The van der Waals surface area contributed by atoms with Crippen LogP contribution in [0.25, 0.3) is 0 Å². The van der Waals surface area contributed by atoms with Gasteiger partial charge in [-0.1, -0.05) is 12.1 Å². The minimum absolute atomic E-state index is 0.189. The van der Waals surface area contributed by atoms with Crippen molar-refractivity contribution in [1.82, 2.24) is 0 Å². The maximum absolute atomic E-state index is 13.1. The molecular formula is C13H14FNOS. The molecule has 1 aromatic rings. The van der Waals surface area contributed by atoms with Crippen LogP contribution in [0.5, 0.6) is 0 Å². The van der Waals surface area contributed by atoms with Crippen molar-refractivity contribution in [3.05, 3.63) is 35.6 Å². The van der Waals surface area contributed by atoms with E-state index in [-0.39, 0.29) is 11.9 Å². The van der Waals surface area contributed by atoms with Crippen molar-refractivity contribution >= 4 is 16.8 Å². The summed E-state index contributed by atoms with van der Waals surface area (Å²) in [6.07, 6.45) is 2.39. The number of fused-ring (bicyclic) bond motifs is 1. The van der Waals surface area contributed by atoms with Gasteiger partial charge in [0, 0.05) is 10.8 Å². The van der Waals surface area contributed by atoms with Gasteiger partial charge in [-0.3, -0.25) is 4.99 Å². The smallest absolute Gasteiger partial charge is 0.123 e. The van der Waals surface area contributed by atoms with Crippen LogP contribution in [0.2, 0.25) is 0 Å². The average Bonchev–Trinajstić information content (AvgIpc) is 2.72. The minimum atomic E-state index is -0.222. The Hall–Kier alpha value is -0.870. The largest absolute Gasteiger partial charge is 0.393 e. The Morgan fingerprint density at radius 2 is 2.24 bits per heavy atom. The molecule has 2 nitrogen and oxygen atoms in total. The van der Waals surface area contributed by atoms with Crippen molar-refractivity contribution in [1.29, 1.82) is 0 Å². The summed E-state index contributed by atoms with van der Waals surface area (Å²) in [6.45, 7) is 0. The zero-order chi connectivity index (χ0) is 11.8. The van der Waals surface area contributed by atoms with Crippen LogP contribution in [-0.2, 0) is 0 Å². The predicted octanol–water partition coefficient (Wildman–Crippen LogP) is 2.60. The molecule has 0 saturated heterocycles. The van der Waals surface area contributed by atoms with Crippen LogP contribution < -0.4 is 0 Å². The molecule has 0 aromatic heterocycles. The summed E-state index contributed by atoms with van der Waals surface area (Å²) in [4.78, 5) is 4.66. The van der Waals surface area contributed by atoms with Crippen LogP contribution in [-0.4, -0.2) is 27.5 Å². The molecule has 1 aromatic carbocycles. The Balaban J connectivity index is 1.82. The lowest BCUT2D eigenvalue weighted by atomic mass is 9.93. The molecule has 0 spiro atoms. The molecule has 3 unspecified atom stereocenters. The quantitative estimate of drug-likeness (QED) is 0.832. The van der Waals surface area contributed by atoms with Gasteiger partial charge in [0.25, 0.3) is 0 Å². The number of hydrogen-bond acceptors (Lipinski definition) is 3. The lowest BCUT2D eigenvalue weighted by Crippen LogP contribution is -2.30. The van der Waals surface area contributed by atoms with Crippen LogP contribution in [0.3, 0.4) is 0 Å². The van der Waals surface area contributed by atoms with Crippen molar-refractivity contribution in [2.75, 3.05) is 0 Å². The van der Waals surface area contributed by atoms with E-state index in [0.717, 1.165) is 29.9 Å². The molecule has 1 N–H and O–H groups in total. The number of thioether (sulfide) groups is 1. The minimum Gasteiger partial charge on any atom is -0.393 e. The second-order valence-corrected chi connectivity index (χ2v) is 5.86. The SMILES string of the molecule is OC1CCC2N=C(c3cccc(F)c3)SC2C1. The number of hydrogen-bond donors (Lipinski definition) is 1. The molecule has 1 fully saturated rings. The van der Waals surface area contributed by atoms with Crippen molar-refractivity contribution in [2.45, 2.75) is 36.7 Å². The average molecular weight is 251 g/mol.